The molecule has 26 heavy (non-hydrogen) atoms. The highest BCUT2D eigenvalue weighted by Gasteiger charge is 2.28. The Balaban J connectivity index is 1.71. The van der Waals surface area contributed by atoms with E-state index in [1.165, 1.54) is 19.2 Å². The SMILES string of the molecule is COc1cc(N[C@@H]2COCC[C@H]2Oc2ccc(C(=O)O)cc2)nc(N)n1. The van der Waals surface area contributed by atoms with E-state index in [-0.39, 0.29) is 23.7 Å². The van der Waals surface area contributed by atoms with E-state index in [0.717, 1.165) is 0 Å². The first-order chi connectivity index (χ1) is 12.5. The van der Waals surface area contributed by atoms with Gasteiger partial charge in [-0.2, -0.15) is 9.97 Å². The zero-order valence-electron chi connectivity index (χ0n) is 14.2. The molecule has 1 aromatic heterocycles. The number of carboxylic acids is 1. The Morgan fingerprint density at radius 3 is 2.81 bits per heavy atom. The fourth-order valence-electron chi connectivity index (χ4n) is 2.66. The highest BCUT2D eigenvalue weighted by atomic mass is 16.5. The number of ether oxygens (including phenoxy) is 3. The van der Waals surface area contributed by atoms with Crippen molar-refractivity contribution < 1.29 is 24.1 Å². The van der Waals surface area contributed by atoms with Gasteiger partial charge >= 0.3 is 5.97 Å². The summed E-state index contributed by atoms with van der Waals surface area (Å²) in [6.45, 7) is 1.01. The Morgan fingerprint density at radius 1 is 1.35 bits per heavy atom. The number of aromatic carboxylic acids is 1. The van der Waals surface area contributed by atoms with Gasteiger partial charge in [-0.15, -0.1) is 0 Å². The zero-order valence-corrected chi connectivity index (χ0v) is 14.2. The van der Waals surface area contributed by atoms with Crippen molar-refractivity contribution in [3.63, 3.8) is 0 Å². The van der Waals surface area contributed by atoms with E-state index in [4.69, 9.17) is 25.1 Å². The van der Waals surface area contributed by atoms with Gasteiger partial charge in [-0.05, 0) is 24.3 Å². The van der Waals surface area contributed by atoms with E-state index in [2.05, 4.69) is 15.3 Å². The molecule has 1 aliphatic heterocycles. The summed E-state index contributed by atoms with van der Waals surface area (Å²) in [4.78, 5) is 19.0. The second-order valence-electron chi connectivity index (χ2n) is 5.75. The molecule has 1 aromatic carbocycles. The van der Waals surface area contributed by atoms with E-state index < -0.39 is 5.97 Å². The lowest BCUT2D eigenvalue weighted by Crippen LogP contribution is -2.45. The Hall–Kier alpha value is -3.07. The van der Waals surface area contributed by atoms with Crippen LogP contribution in [0.15, 0.2) is 30.3 Å². The van der Waals surface area contributed by atoms with E-state index in [1.54, 1.807) is 18.2 Å². The standard InChI is InChI=1S/C17H20N4O5/c1-24-15-8-14(20-17(18)21-15)19-12-9-25-7-6-13(12)26-11-4-2-10(3-5-11)16(22)23/h2-5,8,12-13H,6-7,9H2,1H3,(H,22,23)(H3,18,19,20,21)/t12-,13-/m1/s1. The van der Waals surface area contributed by atoms with Crippen molar-refractivity contribution in [1.82, 2.24) is 9.97 Å². The second-order valence-corrected chi connectivity index (χ2v) is 5.75. The maximum absolute atomic E-state index is 10.9. The molecule has 0 aliphatic carbocycles. The highest BCUT2D eigenvalue weighted by Crippen LogP contribution is 2.22. The first-order valence-corrected chi connectivity index (χ1v) is 8.08. The molecule has 0 bridgehead atoms. The van der Waals surface area contributed by atoms with Gasteiger partial charge in [0.15, 0.2) is 0 Å². The van der Waals surface area contributed by atoms with Gasteiger partial charge in [0.1, 0.15) is 17.7 Å². The van der Waals surface area contributed by atoms with Gasteiger partial charge in [-0.3, -0.25) is 0 Å². The number of carboxylic acid groups (broad SMARTS) is 1. The van der Waals surface area contributed by atoms with Crippen molar-refractivity contribution in [2.45, 2.75) is 18.6 Å². The van der Waals surface area contributed by atoms with Crippen LogP contribution in [0.1, 0.15) is 16.8 Å². The maximum Gasteiger partial charge on any atom is 0.335 e. The van der Waals surface area contributed by atoms with Crippen LogP contribution in [0.25, 0.3) is 0 Å². The quantitative estimate of drug-likeness (QED) is 0.700. The van der Waals surface area contributed by atoms with Gasteiger partial charge in [-0.25, -0.2) is 4.79 Å². The number of hydrogen-bond acceptors (Lipinski definition) is 8. The van der Waals surface area contributed by atoms with Gasteiger partial charge in [0.2, 0.25) is 11.8 Å². The molecule has 1 fully saturated rings. The molecule has 9 nitrogen and oxygen atoms in total. The molecule has 1 aliphatic rings. The second kappa shape index (κ2) is 7.87. The molecule has 9 heteroatoms. The van der Waals surface area contributed by atoms with Crippen LogP contribution in [-0.2, 0) is 4.74 Å². The molecule has 0 unspecified atom stereocenters. The number of methoxy groups -OCH3 is 1. The van der Waals surface area contributed by atoms with Crippen molar-refractivity contribution in [3.05, 3.63) is 35.9 Å². The minimum atomic E-state index is -0.975. The topological polar surface area (TPSA) is 129 Å². The molecule has 0 amide bonds. The van der Waals surface area contributed by atoms with E-state index in [0.29, 0.717) is 37.1 Å². The summed E-state index contributed by atoms with van der Waals surface area (Å²) in [5.41, 5.74) is 5.89. The van der Waals surface area contributed by atoms with Gasteiger partial charge < -0.3 is 30.4 Å². The van der Waals surface area contributed by atoms with Crippen LogP contribution in [0, 0.1) is 0 Å². The predicted molar refractivity (Wildman–Crippen MR) is 93.7 cm³/mol. The lowest BCUT2D eigenvalue weighted by molar-refractivity contribution is 0.0146. The Labute approximate surface area is 150 Å². The Morgan fingerprint density at radius 2 is 2.12 bits per heavy atom. The minimum Gasteiger partial charge on any atom is -0.488 e. The average molecular weight is 360 g/mol. The van der Waals surface area contributed by atoms with Crippen LogP contribution >= 0.6 is 0 Å². The van der Waals surface area contributed by atoms with Crippen LogP contribution in [0.5, 0.6) is 11.6 Å². The molecule has 138 valence electrons. The Kier molecular flexibility index (Phi) is 5.37. The number of nitrogens with one attached hydrogen (secondary N) is 1. The maximum atomic E-state index is 10.9. The smallest absolute Gasteiger partial charge is 0.335 e. The number of aromatic nitrogens is 2. The summed E-state index contributed by atoms with van der Waals surface area (Å²) in [5.74, 6) is 0.592. The van der Waals surface area contributed by atoms with E-state index >= 15 is 0 Å². The number of hydrogen-bond donors (Lipinski definition) is 3. The van der Waals surface area contributed by atoms with Crippen molar-refractivity contribution in [3.8, 4) is 11.6 Å². The van der Waals surface area contributed by atoms with Crippen LogP contribution in [0.2, 0.25) is 0 Å². The molecule has 3 rings (SSSR count). The third kappa shape index (κ3) is 4.31. The van der Waals surface area contributed by atoms with Crippen LogP contribution < -0.4 is 20.5 Å². The van der Waals surface area contributed by atoms with Gasteiger partial charge in [0.25, 0.3) is 0 Å². The molecule has 2 heterocycles. The summed E-state index contributed by atoms with van der Waals surface area (Å²) < 4.78 is 16.7. The molecule has 0 radical (unpaired) electrons. The van der Waals surface area contributed by atoms with Gasteiger partial charge in [0.05, 0.1) is 31.9 Å². The van der Waals surface area contributed by atoms with Gasteiger partial charge in [-0.1, -0.05) is 0 Å². The summed E-state index contributed by atoms with van der Waals surface area (Å²) in [6, 6.07) is 7.78. The molecule has 0 spiro atoms. The fourth-order valence-corrected chi connectivity index (χ4v) is 2.66. The monoisotopic (exact) mass is 360 g/mol. The van der Waals surface area contributed by atoms with E-state index in [9.17, 15) is 4.79 Å². The van der Waals surface area contributed by atoms with Crippen LogP contribution in [0.4, 0.5) is 11.8 Å². The van der Waals surface area contributed by atoms with Crippen LogP contribution in [0.3, 0.4) is 0 Å². The van der Waals surface area contributed by atoms with Gasteiger partial charge in [0, 0.05) is 12.5 Å². The average Bonchev–Trinajstić information content (AvgIpc) is 2.63. The first kappa shape index (κ1) is 17.7. The van der Waals surface area contributed by atoms with Crippen molar-refractivity contribution in [1.29, 1.82) is 0 Å². The fraction of sp³-hybridized carbons (Fsp3) is 0.353. The molecular formula is C17H20N4O5. The highest BCUT2D eigenvalue weighted by molar-refractivity contribution is 5.87. The predicted octanol–water partition coefficient (Wildman–Crippen LogP) is 1.41. The number of carbonyl (C=O) groups is 1. The van der Waals surface area contributed by atoms with Crippen molar-refractivity contribution in [2.75, 3.05) is 31.4 Å². The molecule has 4 N–H and O–H groups in total. The number of nitrogen functional groups attached to an aromatic ring is 1. The lowest BCUT2D eigenvalue weighted by atomic mass is 10.1. The first-order valence-electron chi connectivity index (χ1n) is 8.08. The summed E-state index contributed by atoms with van der Waals surface area (Å²) >= 11 is 0. The third-order valence-corrected chi connectivity index (χ3v) is 3.94. The number of nitrogens with two attached hydrogens (primary N) is 1. The summed E-state index contributed by atoms with van der Waals surface area (Å²) in [7, 11) is 1.50. The summed E-state index contributed by atoms with van der Waals surface area (Å²) in [6.07, 6.45) is 0.498. The van der Waals surface area contributed by atoms with E-state index in [1.807, 2.05) is 0 Å². The third-order valence-electron chi connectivity index (χ3n) is 3.94. The van der Waals surface area contributed by atoms with Crippen LogP contribution in [-0.4, -0.2) is 53.5 Å². The molecule has 0 saturated carbocycles. The normalized spacial score (nSPS) is 19.6. The molecule has 1 saturated heterocycles. The van der Waals surface area contributed by atoms with Crippen molar-refractivity contribution in [2.24, 2.45) is 0 Å². The molecule has 2 atom stereocenters. The largest absolute Gasteiger partial charge is 0.488 e. The number of rotatable bonds is 6. The Bertz CT molecular complexity index is 768. The van der Waals surface area contributed by atoms with Crippen molar-refractivity contribution >= 4 is 17.7 Å². The lowest BCUT2D eigenvalue weighted by Gasteiger charge is -2.32. The summed E-state index contributed by atoms with van der Waals surface area (Å²) in [5, 5.41) is 12.2. The zero-order chi connectivity index (χ0) is 18.5. The molecular weight excluding hydrogens is 340 g/mol. The number of benzene rings is 1. The molecule has 2 aromatic rings. The number of anilines is 2. The number of nitrogens with zero attached hydrogens (tertiary/aromatic N) is 2. The minimum absolute atomic E-state index is 0.102.